The van der Waals surface area contributed by atoms with Crippen LogP contribution in [0.15, 0.2) is 83.8 Å². The molecule has 30 heavy (non-hydrogen) atoms. The molecule has 1 aliphatic heterocycles. The molecule has 1 aliphatic carbocycles. The molecule has 7 heteroatoms. The van der Waals surface area contributed by atoms with Crippen LogP contribution < -0.4 is 5.43 Å². The molecule has 146 valence electrons. The standard InChI is InChI=1S/C23H16N4O3/c28-22-7-3-6-21-19(22)12-16-4-1-2-5-20(16)26(21)13-17-14-27(25-24-17)18-10-8-15(9-11-18)23(29)30/h1-12,14H,13H2,(H,29,30). The number of rotatable bonds is 4. The minimum Gasteiger partial charge on any atom is -0.478 e. The summed E-state index contributed by atoms with van der Waals surface area (Å²) in [6, 6.07) is 21.5. The number of carbonyl (C=O) groups is 1. The van der Waals surface area contributed by atoms with Gasteiger partial charge in [0.05, 0.1) is 29.7 Å². The highest BCUT2D eigenvalue weighted by Crippen LogP contribution is 2.26. The summed E-state index contributed by atoms with van der Waals surface area (Å²) in [5.41, 5.74) is 4.12. The van der Waals surface area contributed by atoms with E-state index in [-0.39, 0.29) is 11.0 Å². The number of aromatic nitrogens is 4. The Bertz CT molecular complexity index is 1420. The first-order valence-electron chi connectivity index (χ1n) is 9.36. The van der Waals surface area contributed by atoms with Crippen molar-refractivity contribution in [3.8, 4) is 16.9 Å². The first-order valence-corrected chi connectivity index (χ1v) is 9.36. The Morgan fingerprint density at radius 2 is 1.77 bits per heavy atom. The number of benzene rings is 3. The average Bonchev–Trinajstić information content (AvgIpc) is 3.23. The fourth-order valence-corrected chi connectivity index (χ4v) is 3.64. The molecule has 0 fully saturated rings. The van der Waals surface area contributed by atoms with Gasteiger partial charge in [-0.15, -0.1) is 5.10 Å². The molecule has 5 rings (SSSR count). The highest BCUT2D eigenvalue weighted by Gasteiger charge is 2.15. The summed E-state index contributed by atoms with van der Waals surface area (Å²) in [6.07, 6.45) is 1.80. The molecule has 0 radical (unpaired) electrons. The van der Waals surface area contributed by atoms with E-state index in [2.05, 4.69) is 14.9 Å². The molecule has 7 nitrogen and oxygen atoms in total. The van der Waals surface area contributed by atoms with Crippen LogP contribution in [0.25, 0.3) is 27.8 Å². The van der Waals surface area contributed by atoms with E-state index in [4.69, 9.17) is 5.11 Å². The summed E-state index contributed by atoms with van der Waals surface area (Å²) in [5, 5.41) is 18.5. The average molecular weight is 396 g/mol. The molecule has 0 unspecified atom stereocenters. The van der Waals surface area contributed by atoms with Crippen LogP contribution in [0, 0.1) is 0 Å². The second kappa shape index (κ2) is 6.97. The molecule has 2 aromatic carbocycles. The van der Waals surface area contributed by atoms with Gasteiger partial charge >= 0.3 is 5.97 Å². The number of hydrogen-bond acceptors (Lipinski definition) is 4. The quantitative estimate of drug-likeness (QED) is 0.470. The molecule has 3 aromatic rings. The van der Waals surface area contributed by atoms with Crippen LogP contribution in [-0.4, -0.2) is 30.6 Å². The number of hydrogen-bond donors (Lipinski definition) is 1. The zero-order chi connectivity index (χ0) is 20.7. The number of pyridine rings is 1. The molecule has 0 spiro atoms. The number of para-hydroxylation sites is 1. The van der Waals surface area contributed by atoms with E-state index >= 15 is 0 Å². The van der Waals surface area contributed by atoms with Crippen LogP contribution in [0.4, 0.5) is 0 Å². The van der Waals surface area contributed by atoms with Crippen molar-refractivity contribution in [1.29, 1.82) is 0 Å². The maximum Gasteiger partial charge on any atom is 0.335 e. The summed E-state index contributed by atoms with van der Waals surface area (Å²) in [4.78, 5) is 23.4. The molecular weight excluding hydrogens is 380 g/mol. The topological polar surface area (TPSA) is 90.0 Å². The van der Waals surface area contributed by atoms with Gasteiger partial charge in [-0.05, 0) is 53.9 Å². The van der Waals surface area contributed by atoms with E-state index in [9.17, 15) is 9.59 Å². The second-order valence-corrected chi connectivity index (χ2v) is 6.98. The normalized spacial score (nSPS) is 11.2. The van der Waals surface area contributed by atoms with Crippen molar-refractivity contribution in [2.75, 3.05) is 0 Å². The Hall–Kier alpha value is -4.26. The number of nitrogens with zero attached hydrogens (tertiary/aromatic N) is 4. The lowest BCUT2D eigenvalue weighted by Crippen LogP contribution is -2.13. The third kappa shape index (κ3) is 3.02. The molecule has 0 bridgehead atoms. The zero-order valence-corrected chi connectivity index (χ0v) is 15.8. The summed E-state index contributed by atoms with van der Waals surface area (Å²) in [6.45, 7) is 0.439. The predicted molar refractivity (Wildman–Crippen MR) is 112 cm³/mol. The molecule has 0 amide bonds. The summed E-state index contributed by atoms with van der Waals surface area (Å²) in [7, 11) is 0. The lowest BCUT2D eigenvalue weighted by atomic mass is 10.0. The lowest BCUT2D eigenvalue weighted by molar-refractivity contribution is 0.0697. The van der Waals surface area contributed by atoms with Crippen LogP contribution in [0.1, 0.15) is 16.1 Å². The van der Waals surface area contributed by atoms with Crippen LogP contribution in [0.2, 0.25) is 0 Å². The number of carboxylic acids is 1. The fraction of sp³-hybridized carbons (Fsp3) is 0.0435. The minimum atomic E-state index is -0.974. The van der Waals surface area contributed by atoms with Crippen molar-refractivity contribution < 1.29 is 9.90 Å². The van der Waals surface area contributed by atoms with Crippen LogP contribution in [0.3, 0.4) is 0 Å². The molecule has 2 aliphatic rings. The maximum absolute atomic E-state index is 12.4. The number of fused-ring (bicyclic) bond motifs is 2. The molecule has 1 N–H and O–H groups in total. The van der Waals surface area contributed by atoms with Gasteiger partial charge in [0.2, 0.25) is 0 Å². The van der Waals surface area contributed by atoms with Crippen molar-refractivity contribution in [3.63, 3.8) is 0 Å². The Morgan fingerprint density at radius 1 is 0.967 bits per heavy atom. The first kappa shape index (κ1) is 17.8. The molecular formula is C23H16N4O3. The highest BCUT2D eigenvalue weighted by molar-refractivity contribution is 5.88. The van der Waals surface area contributed by atoms with Gasteiger partial charge in [-0.3, -0.25) is 4.79 Å². The van der Waals surface area contributed by atoms with Gasteiger partial charge in [0.15, 0.2) is 5.43 Å². The van der Waals surface area contributed by atoms with Gasteiger partial charge in [-0.2, -0.15) is 0 Å². The van der Waals surface area contributed by atoms with Crippen molar-refractivity contribution >= 4 is 16.9 Å². The third-order valence-corrected chi connectivity index (χ3v) is 5.10. The van der Waals surface area contributed by atoms with Gasteiger partial charge in [0, 0.05) is 11.1 Å². The smallest absolute Gasteiger partial charge is 0.335 e. The van der Waals surface area contributed by atoms with E-state index in [1.54, 1.807) is 35.1 Å². The Morgan fingerprint density at radius 3 is 2.57 bits per heavy atom. The van der Waals surface area contributed by atoms with Crippen molar-refractivity contribution in [2.24, 2.45) is 0 Å². The van der Waals surface area contributed by atoms with Crippen molar-refractivity contribution in [2.45, 2.75) is 6.54 Å². The maximum atomic E-state index is 12.4. The Balaban J connectivity index is 1.57. The SMILES string of the molecule is O=C(O)c1ccc(-n2cc(Cn3c4cccc(=O)c-4cc4ccccc43)nn2)cc1. The van der Waals surface area contributed by atoms with E-state index in [0.717, 1.165) is 22.3 Å². The largest absolute Gasteiger partial charge is 0.478 e. The van der Waals surface area contributed by atoms with Crippen molar-refractivity contribution in [1.82, 2.24) is 19.6 Å². The minimum absolute atomic E-state index is 0.0193. The van der Waals surface area contributed by atoms with Crippen molar-refractivity contribution in [3.05, 3.63) is 100 Å². The van der Waals surface area contributed by atoms with Gasteiger partial charge in [0.25, 0.3) is 0 Å². The van der Waals surface area contributed by atoms with E-state index in [1.807, 2.05) is 36.4 Å². The van der Waals surface area contributed by atoms with E-state index in [1.165, 1.54) is 12.1 Å². The summed E-state index contributed by atoms with van der Waals surface area (Å²) < 4.78 is 3.67. The van der Waals surface area contributed by atoms with Gasteiger partial charge in [-0.25, -0.2) is 9.48 Å². The molecule has 0 atom stereocenters. The van der Waals surface area contributed by atoms with E-state index < -0.39 is 5.97 Å². The lowest BCUT2D eigenvalue weighted by Gasteiger charge is -2.17. The van der Waals surface area contributed by atoms with E-state index in [0.29, 0.717) is 17.8 Å². The molecule has 2 heterocycles. The monoisotopic (exact) mass is 396 g/mol. The summed E-state index contributed by atoms with van der Waals surface area (Å²) in [5.74, 6) is -0.974. The van der Waals surface area contributed by atoms with Gasteiger partial charge < -0.3 is 9.67 Å². The summed E-state index contributed by atoms with van der Waals surface area (Å²) >= 11 is 0. The fourth-order valence-electron chi connectivity index (χ4n) is 3.64. The second-order valence-electron chi connectivity index (χ2n) is 6.98. The highest BCUT2D eigenvalue weighted by atomic mass is 16.4. The van der Waals surface area contributed by atoms with Crippen LogP contribution >= 0.6 is 0 Å². The number of carboxylic acid groups (broad SMARTS) is 1. The van der Waals surface area contributed by atoms with Gasteiger partial charge in [-0.1, -0.05) is 29.5 Å². The first-order chi connectivity index (χ1) is 14.6. The van der Waals surface area contributed by atoms with Crippen LogP contribution in [0.5, 0.6) is 0 Å². The third-order valence-electron chi connectivity index (χ3n) is 5.10. The Kier molecular flexibility index (Phi) is 4.14. The molecule has 1 aromatic heterocycles. The van der Waals surface area contributed by atoms with Crippen LogP contribution in [-0.2, 0) is 6.54 Å². The predicted octanol–water partition coefficient (Wildman–Crippen LogP) is 3.43. The van der Waals surface area contributed by atoms with Gasteiger partial charge in [0.1, 0.15) is 5.69 Å². The zero-order valence-electron chi connectivity index (χ0n) is 15.8. The molecule has 0 saturated carbocycles. The Labute approximate surface area is 170 Å². The molecule has 0 saturated heterocycles. The number of aromatic carboxylic acids is 1.